The second-order valence-corrected chi connectivity index (χ2v) is 8.05. The molecule has 0 saturated heterocycles. The molecule has 4 aromatic rings. The zero-order valence-corrected chi connectivity index (χ0v) is 20.9. The Morgan fingerprint density at radius 3 is 2.05 bits per heavy atom. The van der Waals surface area contributed by atoms with E-state index in [1.165, 1.54) is 34.6 Å². The maximum absolute atomic E-state index is 13.4. The van der Waals surface area contributed by atoms with Crippen LogP contribution in [0.5, 0.6) is 23.0 Å². The molecule has 37 heavy (non-hydrogen) atoms. The molecule has 0 radical (unpaired) electrons. The molecular formula is C28H26N2O7. The Balaban J connectivity index is 1.74. The predicted molar refractivity (Wildman–Crippen MR) is 139 cm³/mol. The zero-order valence-electron chi connectivity index (χ0n) is 20.9. The summed E-state index contributed by atoms with van der Waals surface area (Å²) >= 11 is 0. The second kappa shape index (κ2) is 10.9. The van der Waals surface area contributed by atoms with Gasteiger partial charge in [0.2, 0.25) is 11.3 Å². The molecule has 190 valence electrons. The van der Waals surface area contributed by atoms with Crippen molar-refractivity contribution in [1.82, 2.24) is 4.57 Å². The van der Waals surface area contributed by atoms with Gasteiger partial charge in [0.05, 0.1) is 50.6 Å². The molecule has 0 fully saturated rings. The Morgan fingerprint density at radius 2 is 1.41 bits per heavy atom. The lowest BCUT2D eigenvalue weighted by Crippen LogP contribution is -2.24. The highest BCUT2D eigenvalue weighted by atomic mass is 16.5. The summed E-state index contributed by atoms with van der Waals surface area (Å²) < 4.78 is 22.6. The summed E-state index contributed by atoms with van der Waals surface area (Å²) in [4.78, 5) is 39.7. The van der Waals surface area contributed by atoms with E-state index in [1.807, 2.05) is 0 Å². The number of fused-ring (bicyclic) bond motifs is 1. The smallest absolute Gasteiger partial charge is 0.244 e. The van der Waals surface area contributed by atoms with Crippen LogP contribution in [0.1, 0.15) is 15.9 Å². The Morgan fingerprint density at radius 1 is 0.784 bits per heavy atom. The van der Waals surface area contributed by atoms with Crippen LogP contribution in [0.2, 0.25) is 0 Å². The summed E-state index contributed by atoms with van der Waals surface area (Å²) in [5.41, 5.74) is 0.729. The first-order valence-electron chi connectivity index (χ1n) is 11.3. The average molecular weight is 503 g/mol. The first-order chi connectivity index (χ1) is 17.9. The summed E-state index contributed by atoms with van der Waals surface area (Å²) in [6, 6.07) is 16.4. The van der Waals surface area contributed by atoms with Crippen LogP contribution in [-0.2, 0) is 11.3 Å². The van der Waals surface area contributed by atoms with Crippen molar-refractivity contribution in [3.8, 4) is 23.0 Å². The molecule has 0 bridgehead atoms. The van der Waals surface area contributed by atoms with Crippen LogP contribution in [0.25, 0.3) is 10.9 Å². The SMILES string of the molecule is COc1ccc(C(=O)c2cn(CC(=O)Nc3ccc(OC)cc3OC)c3ccc(OC)cc3c2=O)cc1. The van der Waals surface area contributed by atoms with Gasteiger partial charge >= 0.3 is 0 Å². The topological polar surface area (TPSA) is 105 Å². The minimum atomic E-state index is -0.469. The van der Waals surface area contributed by atoms with Gasteiger partial charge in [0.25, 0.3) is 0 Å². The fraction of sp³-hybridized carbons (Fsp3) is 0.179. The quantitative estimate of drug-likeness (QED) is 0.346. The largest absolute Gasteiger partial charge is 0.497 e. The van der Waals surface area contributed by atoms with Crippen molar-refractivity contribution in [2.45, 2.75) is 6.54 Å². The van der Waals surface area contributed by atoms with Crippen LogP contribution < -0.4 is 29.7 Å². The normalized spacial score (nSPS) is 10.6. The Hall–Kier alpha value is -4.79. The Kier molecular flexibility index (Phi) is 7.43. The number of benzene rings is 3. The van der Waals surface area contributed by atoms with Crippen molar-refractivity contribution < 1.29 is 28.5 Å². The number of anilines is 1. The minimum Gasteiger partial charge on any atom is -0.497 e. The van der Waals surface area contributed by atoms with Gasteiger partial charge in [-0.25, -0.2) is 0 Å². The number of pyridine rings is 1. The van der Waals surface area contributed by atoms with Crippen LogP contribution in [0.3, 0.4) is 0 Å². The van der Waals surface area contributed by atoms with E-state index in [0.29, 0.717) is 39.8 Å². The van der Waals surface area contributed by atoms with Crippen molar-refractivity contribution in [1.29, 1.82) is 0 Å². The predicted octanol–water partition coefficient (Wildman–Crippen LogP) is 3.91. The maximum Gasteiger partial charge on any atom is 0.244 e. The molecule has 0 saturated carbocycles. The molecule has 1 heterocycles. The van der Waals surface area contributed by atoms with Gasteiger partial charge in [-0.2, -0.15) is 0 Å². The summed E-state index contributed by atoms with van der Waals surface area (Å²) in [6.07, 6.45) is 1.41. The molecule has 0 aliphatic heterocycles. The van der Waals surface area contributed by atoms with E-state index in [-0.39, 0.29) is 23.4 Å². The van der Waals surface area contributed by atoms with Gasteiger partial charge < -0.3 is 28.8 Å². The van der Waals surface area contributed by atoms with Gasteiger partial charge in [0.15, 0.2) is 5.78 Å². The van der Waals surface area contributed by atoms with Crippen molar-refractivity contribution in [2.24, 2.45) is 0 Å². The molecule has 9 heteroatoms. The summed E-state index contributed by atoms with van der Waals surface area (Å²) in [5, 5.41) is 3.07. The number of nitrogens with zero attached hydrogens (tertiary/aromatic N) is 1. The molecule has 0 atom stereocenters. The Bertz CT molecular complexity index is 1520. The molecule has 0 aliphatic rings. The van der Waals surface area contributed by atoms with E-state index in [1.54, 1.807) is 65.2 Å². The fourth-order valence-electron chi connectivity index (χ4n) is 3.94. The lowest BCUT2D eigenvalue weighted by atomic mass is 10.0. The van der Waals surface area contributed by atoms with Gasteiger partial charge in [-0.05, 0) is 54.6 Å². The van der Waals surface area contributed by atoms with E-state index >= 15 is 0 Å². The molecule has 9 nitrogen and oxygen atoms in total. The monoisotopic (exact) mass is 502 g/mol. The number of ether oxygens (including phenoxy) is 4. The van der Waals surface area contributed by atoms with Gasteiger partial charge in [-0.15, -0.1) is 0 Å². The van der Waals surface area contributed by atoms with Crippen LogP contribution in [0, 0.1) is 0 Å². The number of hydrogen-bond acceptors (Lipinski definition) is 7. The van der Waals surface area contributed by atoms with Crippen LogP contribution >= 0.6 is 0 Å². The third kappa shape index (κ3) is 5.25. The average Bonchev–Trinajstić information content (AvgIpc) is 2.94. The van der Waals surface area contributed by atoms with Crippen LogP contribution in [0.15, 0.2) is 71.7 Å². The first-order valence-corrected chi connectivity index (χ1v) is 11.3. The van der Waals surface area contributed by atoms with E-state index < -0.39 is 11.2 Å². The van der Waals surface area contributed by atoms with Gasteiger partial charge in [0, 0.05) is 17.8 Å². The summed E-state index contributed by atoms with van der Waals surface area (Å²) in [6.45, 7) is -0.165. The lowest BCUT2D eigenvalue weighted by molar-refractivity contribution is -0.116. The standard InChI is InChI=1S/C28H26N2O7/c1-34-18-7-5-17(6-8-18)27(32)22-15-30(24-12-10-19(35-2)13-21(24)28(22)33)16-26(31)29-23-11-9-20(36-3)14-25(23)37-4/h5-15H,16H2,1-4H3,(H,29,31). The number of aromatic nitrogens is 1. The number of amides is 1. The molecule has 1 amide bonds. The number of nitrogens with one attached hydrogen (secondary N) is 1. The number of ketones is 1. The number of carbonyl (C=O) groups excluding carboxylic acids is 2. The van der Waals surface area contributed by atoms with E-state index in [9.17, 15) is 14.4 Å². The fourth-order valence-corrected chi connectivity index (χ4v) is 3.94. The number of rotatable bonds is 9. The molecule has 1 aromatic heterocycles. The third-order valence-corrected chi connectivity index (χ3v) is 5.88. The van der Waals surface area contributed by atoms with Crippen molar-refractivity contribution in [3.05, 3.63) is 88.2 Å². The van der Waals surface area contributed by atoms with Crippen molar-refractivity contribution >= 4 is 28.3 Å². The third-order valence-electron chi connectivity index (χ3n) is 5.88. The summed E-state index contributed by atoms with van der Waals surface area (Å²) in [5.74, 6) is 1.20. The van der Waals surface area contributed by atoms with Crippen LogP contribution in [0.4, 0.5) is 5.69 Å². The number of methoxy groups -OCH3 is 4. The lowest BCUT2D eigenvalue weighted by Gasteiger charge is -2.15. The highest BCUT2D eigenvalue weighted by molar-refractivity contribution is 6.10. The van der Waals surface area contributed by atoms with E-state index in [4.69, 9.17) is 18.9 Å². The van der Waals surface area contributed by atoms with Crippen molar-refractivity contribution in [2.75, 3.05) is 33.8 Å². The highest BCUT2D eigenvalue weighted by Crippen LogP contribution is 2.29. The van der Waals surface area contributed by atoms with Gasteiger partial charge in [0.1, 0.15) is 29.5 Å². The van der Waals surface area contributed by atoms with Crippen molar-refractivity contribution in [3.63, 3.8) is 0 Å². The molecular weight excluding hydrogens is 476 g/mol. The minimum absolute atomic E-state index is 0.0688. The van der Waals surface area contributed by atoms with Gasteiger partial charge in [-0.1, -0.05) is 0 Å². The molecule has 3 aromatic carbocycles. The molecule has 0 spiro atoms. The number of carbonyl (C=O) groups is 2. The highest BCUT2D eigenvalue weighted by Gasteiger charge is 2.19. The zero-order chi connectivity index (χ0) is 26.5. The van der Waals surface area contributed by atoms with Crippen LogP contribution in [-0.4, -0.2) is 44.7 Å². The summed E-state index contributed by atoms with van der Waals surface area (Å²) in [7, 11) is 6.04. The second-order valence-electron chi connectivity index (χ2n) is 8.05. The van der Waals surface area contributed by atoms with Gasteiger partial charge in [-0.3, -0.25) is 14.4 Å². The van der Waals surface area contributed by atoms with E-state index in [0.717, 1.165) is 0 Å². The van der Waals surface area contributed by atoms with E-state index in [2.05, 4.69) is 5.32 Å². The molecule has 0 aliphatic carbocycles. The molecule has 4 rings (SSSR count). The number of hydrogen-bond donors (Lipinski definition) is 1. The maximum atomic E-state index is 13.4. The molecule has 1 N–H and O–H groups in total. The Labute approximate surface area is 213 Å². The molecule has 0 unspecified atom stereocenters. The first kappa shape index (κ1) is 25.3.